The molecule has 0 radical (unpaired) electrons. The van der Waals surface area contributed by atoms with Crippen LogP contribution in [0.25, 0.3) is 21.9 Å². The van der Waals surface area contributed by atoms with Gasteiger partial charge in [0.1, 0.15) is 0 Å². The highest BCUT2D eigenvalue weighted by Gasteiger charge is 2.03. The molecule has 0 aliphatic rings. The summed E-state index contributed by atoms with van der Waals surface area (Å²) in [6.07, 6.45) is 2.09. The lowest BCUT2D eigenvalue weighted by molar-refractivity contribution is 0.833. The Balaban J connectivity index is 2.06. The van der Waals surface area contributed by atoms with Gasteiger partial charge in [-0.25, -0.2) is 0 Å². The maximum atomic E-state index is 5.60. The molecule has 0 aliphatic carbocycles. The molecule has 0 amide bonds. The van der Waals surface area contributed by atoms with Crippen LogP contribution < -0.4 is 5.73 Å². The highest BCUT2D eigenvalue weighted by atomic mass is 14.5. The minimum absolute atomic E-state index is 0.749. The van der Waals surface area contributed by atoms with Crippen LogP contribution in [0, 0.1) is 0 Å². The Bertz CT molecular complexity index is 710. The number of hydrogen-bond donors (Lipinski definition) is 1. The van der Waals surface area contributed by atoms with Crippen molar-refractivity contribution in [3.05, 3.63) is 72.3 Å². The van der Waals surface area contributed by atoms with E-state index in [0.717, 1.165) is 19.4 Å². The number of rotatable bonds is 4. The molecule has 3 rings (SSSR count). The molecule has 0 unspecified atom stereocenters. The van der Waals surface area contributed by atoms with Crippen molar-refractivity contribution in [2.45, 2.75) is 12.8 Å². The Morgan fingerprint density at radius 2 is 1.60 bits per heavy atom. The first-order valence-electron chi connectivity index (χ1n) is 7.15. The van der Waals surface area contributed by atoms with E-state index in [1.165, 1.54) is 27.5 Å². The van der Waals surface area contributed by atoms with Gasteiger partial charge < -0.3 is 5.73 Å². The number of benzene rings is 3. The number of fused-ring (bicyclic) bond motifs is 1. The highest BCUT2D eigenvalue weighted by molar-refractivity contribution is 5.96. The summed E-state index contributed by atoms with van der Waals surface area (Å²) in [6.45, 7) is 0.749. The first kappa shape index (κ1) is 12.9. The van der Waals surface area contributed by atoms with Crippen molar-refractivity contribution in [1.82, 2.24) is 0 Å². The summed E-state index contributed by atoms with van der Waals surface area (Å²) < 4.78 is 0. The third kappa shape index (κ3) is 2.59. The number of aryl methyl sites for hydroxylation is 1. The minimum atomic E-state index is 0.749. The van der Waals surface area contributed by atoms with Crippen LogP contribution in [-0.2, 0) is 6.42 Å². The molecule has 20 heavy (non-hydrogen) atoms. The van der Waals surface area contributed by atoms with E-state index in [0.29, 0.717) is 0 Å². The van der Waals surface area contributed by atoms with Crippen molar-refractivity contribution in [1.29, 1.82) is 0 Å². The average molecular weight is 261 g/mol. The molecule has 100 valence electrons. The molecule has 0 fully saturated rings. The Morgan fingerprint density at radius 3 is 2.50 bits per heavy atom. The van der Waals surface area contributed by atoms with Gasteiger partial charge >= 0.3 is 0 Å². The molecule has 0 aromatic heterocycles. The van der Waals surface area contributed by atoms with E-state index in [1.54, 1.807) is 0 Å². The van der Waals surface area contributed by atoms with Crippen molar-refractivity contribution in [2.75, 3.05) is 6.54 Å². The van der Waals surface area contributed by atoms with Crippen molar-refractivity contribution in [3.63, 3.8) is 0 Å². The van der Waals surface area contributed by atoms with Crippen LogP contribution in [0.5, 0.6) is 0 Å². The van der Waals surface area contributed by atoms with Crippen molar-refractivity contribution in [3.8, 4) is 11.1 Å². The van der Waals surface area contributed by atoms with Gasteiger partial charge in [0.25, 0.3) is 0 Å². The van der Waals surface area contributed by atoms with Gasteiger partial charge in [0, 0.05) is 0 Å². The van der Waals surface area contributed by atoms with E-state index < -0.39 is 0 Å². The summed E-state index contributed by atoms with van der Waals surface area (Å²) >= 11 is 0. The van der Waals surface area contributed by atoms with Gasteiger partial charge in [0.2, 0.25) is 0 Å². The van der Waals surface area contributed by atoms with Gasteiger partial charge in [-0.15, -0.1) is 0 Å². The molecule has 0 spiro atoms. The van der Waals surface area contributed by atoms with E-state index >= 15 is 0 Å². The maximum absolute atomic E-state index is 5.60. The SMILES string of the molecule is NCCCc1cccc(-c2cccc3ccccc23)c1. The van der Waals surface area contributed by atoms with E-state index in [-0.39, 0.29) is 0 Å². The second kappa shape index (κ2) is 5.89. The third-order valence-corrected chi connectivity index (χ3v) is 3.70. The molecule has 0 bridgehead atoms. The Labute approximate surface area is 120 Å². The van der Waals surface area contributed by atoms with Gasteiger partial charge in [-0.1, -0.05) is 66.7 Å². The van der Waals surface area contributed by atoms with Gasteiger partial charge in [0.15, 0.2) is 0 Å². The molecule has 1 nitrogen and oxygen atoms in total. The third-order valence-electron chi connectivity index (χ3n) is 3.70. The zero-order chi connectivity index (χ0) is 13.8. The molecule has 3 aromatic rings. The summed E-state index contributed by atoms with van der Waals surface area (Å²) in [5, 5.41) is 2.60. The second-order valence-electron chi connectivity index (χ2n) is 5.12. The van der Waals surface area contributed by atoms with E-state index in [4.69, 9.17) is 5.73 Å². The lowest BCUT2D eigenvalue weighted by Gasteiger charge is -2.09. The molecular weight excluding hydrogens is 242 g/mol. The van der Waals surface area contributed by atoms with Crippen LogP contribution >= 0.6 is 0 Å². The fraction of sp³-hybridized carbons (Fsp3) is 0.158. The molecule has 0 atom stereocenters. The normalized spacial score (nSPS) is 10.8. The van der Waals surface area contributed by atoms with Crippen molar-refractivity contribution >= 4 is 10.8 Å². The van der Waals surface area contributed by atoms with E-state index in [9.17, 15) is 0 Å². The Hall–Kier alpha value is -2.12. The quantitative estimate of drug-likeness (QED) is 0.740. The zero-order valence-corrected chi connectivity index (χ0v) is 11.5. The second-order valence-corrected chi connectivity index (χ2v) is 5.12. The first-order valence-corrected chi connectivity index (χ1v) is 7.15. The fourth-order valence-electron chi connectivity index (χ4n) is 2.68. The predicted molar refractivity (Wildman–Crippen MR) is 86.8 cm³/mol. The summed E-state index contributed by atoms with van der Waals surface area (Å²) in [7, 11) is 0. The molecule has 3 aromatic carbocycles. The number of hydrogen-bond acceptors (Lipinski definition) is 1. The summed E-state index contributed by atoms with van der Waals surface area (Å²) in [4.78, 5) is 0. The fourth-order valence-corrected chi connectivity index (χ4v) is 2.68. The topological polar surface area (TPSA) is 26.0 Å². The molecule has 1 heteroatoms. The predicted octanol–water partition coefficient (Wildman–Crippen LogP) is 4.40. The summed E-state index contributed by atoms with van der Waals surface area (Å²) in [5.74, 6) is 0. The largest absolute Gasteiger partial charge is 0.330 e. The van der Waals surface area contributed by atoms with Gasteiger partial charge in [-0.05, 0) is 46.8 Å². The van der Waals surface area contributed by atoms with Crippen LogP contribution in [0.2, 0.25) is 0 Å². The molecule has 2 N–H and O–H groups in total. The van der Waals surface area contributed by atoms with Gasteiger partial charge in [-0.2, -0.15) is 0 Å². The van der Waals surface area contributed by atoms with Crippen LogP contribution in [0.1, 0.15) is 12.0 Å². The van der Waals surface area contributed by atoms with Crippen LogP contribution in [0.4, 0.5) is 0 Å². The van der Waals surface area contributed by atoms with E-state index in [2.05, 4.69) is 66.7 Å². The lowest BCUT2D eigenvalue weighted by atomic mass is 9.96. The average Bonchev–Trinajstić information content (AvgIpc) is 2.52. The molecule has 0 saturated heterocycles. The smallest absolute Gasteiger partial charge is 0.00741 e. The highest BCUT2D eigenvalue weighted by Crippen LogP contribution is 2.29. The van der Waals surface area contributed by atoms with E-state index in [1.807, 2.05) is 0 Å². The Kier molecular flexibility index (Phi) is 3.80. The zero-order valence-electron chi connectivity index (χ0n) is 11.5. The standard InChI is InChI=1S/C19H19N/c20-13-5-7-15-6-3-10-17(14-15)19-12-4-9-16-8-1-2-11-18(16)19/h1-4,6,8-12,14H,5,7,13,20H2. The number of nitrogens with two attached hydrogens (primary N) is 1. The molecule has 0 heterocycles. The molecule has 0 saturated carbocycles. The first-order chi connectivity index (χ1) is 9.88. The van der Waals surface area contributed by atoms with Crippen LogP contribution in [-0.4, -0.2) is 6.54 Å². The maximum Gasteiger partial charge on any atom is -0.00741 e. The molecule has 0 aliphatic heterocycles. The van der Waals surface area contributed by atoms with Crippen LogP contribution in [0.3, 0.4) is 0 Å². The lowest BCUT2D eigenvalue weighted by Crippen LogP contribution is -2.00. The van der Waals surface area contributed by atoms with Crippen molar-refractivity contribution < 1.29 is 0 Å². The molecular formula is C19H19N. The van der Waals surface area contributed by atoms with Crippen molar-refractivity contribution in [2.24, 2.45) is 5.73 Å². The van der Waals surface area contributed by atoms with Gasteiger partial charge in [-0.3, -0.25) is 0 Å². The minimum Gasteiger partial charge on any atom is -0.330 e. The van der Waals surface area contributed by atoms with Gasteiger partial charge in [0.05, 0.1) is 0 Å². The summed E-state index contributed by atoms with van der Waals surface area (Å²) in [6, 6.07) is 23.8. The monoisotopic (exact) mass is 261 g/mol. The Morgan fingerprint density at radius 1 is 0.800 bits per heavy atom. The van der Waals surface area contributed by atoms with Crippen LogP contribution in [0.15, 0.2) is 66.7 Å². The summed E-state index contributed by atoms with van der Waals surface area (Å²) in [5.41, 5.74) is 9.55.